The summed E-state index contributed by atoms with van der Waals surface area (Å²) in [6, 6.07) is 0. The van der Waals surface area contributed by atoms with Gasteiger partial charge in [0.2, 0.25) is 0 Å². The summed E-state index contributed by atoms with van der Waals surface area (Å²) in [6.45, 7) is 0. The summed E-state index contributed by atoms with van der Waals surface area (Å²) < 4.78 is 8.46. The van der Waals surface area contributed by atoms with Crippen LogP contribution >= 0.6 is 11.3 Å². The van der Waals surface area contributed by atoms with E-state index in [9.17, 15) is 0 Å². The average molecular weight is 1140 g/mol. The lowest BCUT2D eigenvalue weighted by molar-refractivity contribution is 1.21. The largest absolute Gasteiger partial charge is 0.312 e. The number of rotatable bonds is 5. The molecule has 0 bridgehead atoms. The molecular formula is C54H68B34N2S. The molecule has 0 saturated carbocycles. The Morgan fingerprint density at radius 2 is 0.319 bits per heavy atom. The molecule has 0 unspecified atom stereocenters. The molecule has 0 saturated heterocycles. The molecule has 9 aromatic carbocycles. The first-order chi connectivity index (χ1) is 42.4. The fraction of sp³-hybridized carbons (Fsp3) is 0. The van der Waals surface area contributed by atoms with Gasteiger partial charge >= 0.3 is 0 Å². The van der Waals surface area contributed by atoms with Crippen molar-refractivity contribution in [3.63, 3.8) is 0 Å². The first-order valence-corrected chi connectivity index (χ1v) is 34.6. The number of fused-ring (bicyclic) bond motifs is 10. The predicted molar refractivity (Wildman–Crippen MR) is 522 cm³/mol. The maximum absolute atomic E-state index is 2.82. The first kappa shape index (κ1) is 66.0. The predicted octanol–water partition coefficient (Wildman–Crippen LogP) is -44.0. The van der Waals surface area contributed by atoms with Crippen LogP contribution in [0.5, 0.6) is 0 Å². The van der Waals surface area contributed by atoms with Crippen molar-refractivity contribution in [1.82, 2.24) is 9.13 Å². The van der Waals surface area contributed by atoms with E-state index in [-0.39, 0.29) is 0 Å². The molecule has 0 radical (unpaired) electrons. The monoisotopic (exact) mass is 1150 g/mol. The van der Waals surface area contributed by atoms with Crippen LogP contribution in [0, 0.1) is 0 Å². The Kier molecular flexibility index (Phi) is 16.2. The van der Waals surface area contributed by atoms with Crippen molar-refractivity contribution < 1.29 is 0 Å². The summed E-state index contributed by atoms with van der Waals surface area (Å²) in [5.74, 6) is 0. The maximum Gasteiger partial charge on any atom is 0.142 e. The third kappa shape index (κ3) is 8.47. The molecule has 0 fully saturated rings. The zero-order chi connectivity index (χ0) is 67.0. The Morgan fingerprint density at radius 3 is 0.648 bits per heavy atom. The van der Waals surface area contributed by atoms with Gasteiger partial charge in [0.1, 0.15) is 267 Å². The average Bonchev–Trinajstić information content (AvgIpc) is 1.52. The number of hydrogen-bond acceptors (Lipinski definition) is 1. The molecule has 402 valence electrons. The van der Waals surface area contributed by atoms with Crippen LogP contribution in [0.3, 0.4) is 0 Å². The Hall–Kier alpha value is -4.99. The molecule has 12 aromatic rings. The minimum absolute atomic E-state index is 1.32. The molecular weight excluding hydrogens is 1080 g/mol. The van der Waals surface area contributed by atoms with Gasteiger partial charge < -0.3 is 9.13 Å². The van der Waals surface area contributed by atoms with E-state index in [0.717, 1.165) is 0 Å². The Labute approximate surface area is 576 Å². The van der Waals surface area contributed by atoms with E-state index in [1.165, 1.54) is 294 Å². The summed E-state index contributed by atoms with van der Waals surface area (Å²) in [5.41, 5.74) is 63.5. The molecule has 3 aromatic heterocycles. The van der Waals surface area contributed by atoms with Crippen molar-refractivity contribution in [2.75, 3.05) is 0 Å². The smallest absolute Gasteiger partial charge is 0.142 e. The van der Waals surface area contributed by atoms with Crippen LogP contribution in [-0.2, 0) is 0 Å². The van der Waals surface area contributed by atoms with E-state index in [4.69, 9.17) is 0 Å². The molecule has 0 aliphatic heterocycles. The standard InChI is InChI=1S/C54H68B34N2S/c55-13-3(14(56)30(72)36(78)29(13)71)4-18(60)40(82)52(41(83)19(4)61)90-48-2(8-21(63)34(76)39(81)43(85)50(8)90)1-7-20(62)33(75)38(80)42(84)49(7)89(47(1)45(87)46(48)88)51-26(68)6(17(59)35(77)44(51)86)10-23(65)28(70)25(67)12-11-24(66)27(69)22(64)9(53(11)91-54(10)12)5-15(57)31(73)37(79)32(74)16(5)58/h55-88H2. The number of nitrogens with zero attached hydrogens (tertiary/aromatic N) is 2. The van der Waals surface area contributed by atoms with Gasteiger partial charge in [-0.2, -0.15) is 0 Å². The van der Waals surface area contributed by atoms with Crippen LogP contribution in [0.15, 0.2) is 0 Å². The maximum atomic E-state index is 2.82. The third-order valence-corrected chi connectivity index (χ3v) is 27.4. The number of aromatic nitrogens is 2. The fourth-order valence-corrected chi connectivity index (χ4v) is 19.6. The van der Waals surface area contributed by atoms with Crippen LogP contribution in [0.2, 0.25) is 0 Å². The second-order valence-electron chi connectivity index (χ2n) is 29.3. The van der Waals surface area contributed by atoms with Crippen LogP contribution in [0.1, 0.15) is 0 Å². The number of hydrogen-bond donors (Lipinski definition) is 0. The molecule has 91 heavy (non-hydrogen) atoms. The Morgan fingerprint density at radius 1 is 0.143 bits per heavy atom. The first-order valence-electron chi connectivity index (χ1n) is 33.7. The topological polar surface area (TPSA) is 9.86 Å². The lowest BCUT2D eigenvalue weighted by Crippen LogP contribution is -2.57. The van der Waals surface area contributed by atoms with E-state index >= 15 is 0 Å². The summed E-state index contributed by atoms with van der Waals surface area (Å²) in [6.07, 6.45) is 0. The third-order valence-electron chi connectivity index (χ3n) is 26.2. The van der Waals surface area contributed by atoms with E-state index in [1.807, 2.05) is 0 Å². The Balaban J connectivity index is 1.29. The lowest BCUT2D eigenvalue weighted by Gasteiger charge is -2.29. The highest BCUT2D eigenvalue weighted by Gasteiger charge is 2.34. The molecule has 0 amide bonds. The Bertz CT molecular complexity index is 5440. The number of thiophene rings is 1. The molecule has 0 aliphatic rings. The summed E-state index contributed by atoms with van der Waals surface area (Å²) in [7, 11) is 81.4. The van der Waals surface area contributed by atoms with Gasteiger partial charge in [0.25, 0.3) is 0 Å². The molecule has 37 heteroatoms. The zero-order valence-corrected chi connectivity index (χ0v) is 63.1. The molecule has 0 N–H and O–H groups in total. The normalized spacial score (nSPS) is 11.9. The second kappa shape index (κ2) is 22.3. The van der Waals surface area contributed by atoms with Gasteiger partial charge in [0, 0.05) is 64.4 Å². The van der Waals surface area contributed by atoms with Gasteiger partial charge in [-0.25, -0.2) is 0 Å². The van der Waals surface area contributed by atoms with Gasteiger partial charge in [-0.3, -0.25) is 0 Å². The number of benzene rings is 9. The minimum Gasteiger partial charge on any atom is -0.312 e. The summed E-state index contributed by atoms with van der Waals surface area (Å²) in [5, 5.41) is 8.42. The minimum atomic E-state index is 1.32. The van der Waals surface area contributed by atoms with Crippen molar-refractivity contribution in [3.05, 3.63) is 0 Å². The van der Waals surface area contributed by atoms with Gasteiger partial charge in [0.05, 0.1) is 0 Å². The highest BCUT2D eigenvalue weighted by molar-refractivity contribution is 7.28. The zero-order valence-electron chi connectivity index (χ0n) is 62.3. The van der Waals surface area contributed by atoms with Crippen LogP contribution in [0.25, 0.3) is 109 Å². The quantitative estimate of drug-likeness (QED) is 0.152. The second-order valence-corrected chi connectivity index (χ2v) is 30.3. The molecule has 0 aliphatic carbocycles. The van der Waals surface area contributed by atoms with Crippen LogP contribution in [0.4, 0.5) is 0 Å². The molecule has 0 spiro atoms. The molecule has 12 rings (SSSR count). The van der Waals surface area contributed by atoms with Crippen molar-refractivity contribution in [3.8, 4) is 44.8 Å². The van der Waals surface area contributed by atoms with E-state index < -0.39 is 0 Å². The SMILES string of the molecule is Bc1c(B)c(B)c(-c2c(B)c(B)c(-n3c4c(B)c(B)c(B)c(B)c4c4c5c6c(B)c(B)c(B)c(B)c6n(-c6c(B)c(B)c(B)c(-c7c(B)c(B)c(B)c8c7sc7c(-c9c(B)c(B)c(B)c(B)c9B)c(B)c(B)c(B)c78)c6B)c5c(B)c(B)c43)c(B)c2B)c(B)c1B. The highest BCUT2D eigenvalue weighted by Crippen LogP contribution is 2.41. The summed E-state index contributed by atoms with van der Waals surface area (Å²) in [4.78, 5) is 0. The van der Waals surface area contributed by atoms with E-state index in [1.54, 1.807) is 0 Å². The van der Waals surface area contributed by atoms with Crippen LogP contribution < -0.4 is 186 Å². The van der Waals surface area contributed by atoms with Crippen LogP contribution in [-0.4, -0.2) is 276 Å². The van der Waals surface area contributed by atoms with Gasteiger partial charge in [-0.05, 0) is 44.2 Å². The van der Waals surface area contributed by atoms with Crippen molar-refractivity contribution in [1.29, 1.82) is 0 Å². The van der Waals surface area contributed by atoms with Gasteiger partial charge in [-0.1, -0.05) is 131 Å². The molecule has 0 atom stereocenters. The summed E-state index contributed by atoms with van der Waals surface area (Å²) >= 11 is 2.06. The fourth-order valence-electron chi connectivity index (χ4n) is 18.0. The lowest BCUT2D eigenvalue weighted by atomic mass is 9.56. The molecule has 2 nitrogen and oxygen atoms in total. The van der Waals surface area contributed by atoms with Crippen molar-refractivity contribution >= 4 is 528 Å². The van der Waals surface area contributed by atoms with Crippen molar-refractivity contribution in [2.24, 2.45) is 0 Å². The van der Waals surface area contributed by atoms with E-state index in [2.05, 4.69) is 287 Å². The highest BCUT2D eigenvalue weighted by atomic mass is 32.1. The van der Waals surface area contributed by atoms with E-state index in [0.29, 0.717) is 0 Å². The van der Waals surface area contributed by atoms with Gasteiger partial charge in [-0.15, -0.1) is 66.0 Å². The van der Waals surface area contributed by atoms with Gasteiger partial charge in [0.15, 0.2) is 0 Å². The van der Waals surface area contributed by atoms with Crippen molar-refractivity contribution in [2.45, 2.75) is 0 Å². The molecule has 3 heterocycles.